The van der Waals surface area contributed by atoms with Crippen LogP contribution in [0.5, 0.6) is 0 Å². The predicted octanol–water partition coefficient (Wildman–Crippen LogP) is -0.512. The van der Waals surface area contributed by atoms with Crippen LogP contribution < -0.4 is 10.0 Å². The Hall–Kier alpha value is 0.220. The molecular weight excluding hydrogens is 196 g/mol. The van der Waals surface area contributed by atoms with Gasteiger partial charge in [0.15, 0.2) is 0 Å². The second kappa shape index (κ2) is 6.71. The molecule has 0 radical (unpaired) electrons. The SMILES string of the molecule is CNCCS(=O)(=O)NCCSC. The van der Waals surface area contributed by atoms with Gasteiger partial charge in [0, 0.05) is 18.8 Å². The molecule has 0 spiro atoms. The largest absolute Gasteiger partial charge is 0.319 e. The summed E-state index contributed by atoms with van der Waals surface area (Å²) in [5, 5.41) is 2.79. The molecule has 0 atom stereocenters. The van der Waals surface area contributed by atoms with Gasteiger partial charge in [-0.25, -0.2) is 13.1 Å². The lowest BCUT2D eigenvalue weighted by atomic mass is 10.8. The molecule has 0 aliphatic rings. The van der Waals surface area contributed by atoms with Crippen LogP contribution in [0.15, 0.2) is 0 Å². The molecule has 4 nitrogen and oxygen atoms in total. The van der Waals surface area contributed by atoms with E-state index in [0.29, 0.717) is 13.1 Å². The van der Waals surface area contributed by atoms with Gasteiger partial charge in [0.05, 0.1) is 5.75 Å². The fraction of sp³-hybridized carbons (Fsp3) is 1.00. The third-order valence-corrected chi connectivity index (χ3v) is 3.25. The lowest BCUT2D eigenvalue weighted by molar-refractivity contribution is 0.582. The monoisotopic (exact) mass is 212 g/mol. The molecule has 74 valence electrons. The van der Waals surface area contributed by atoms with E-state index in [1.165, 1.54) is 0 Å². The average Bonchev–Trinajstić information content (AvgIpc) is 2.01. The van der Waals surface area contributed by atoms with Crippen molar-refractivity contribution >= 4 is 21.8 Å². The van der Waals surface area contributed by atoms with Gasteiger partial charge in [-0.1, -0.05) is 0 Å². The average molecular weight is 212 g/mol. The van der Waals surface area contributed by atoms with Crippen molar-refractivity contribution in [3.8, 4) is 0 Å². The highest BCUT2D eigenvalue weighted by Crippen LogP contribution is 1.89. The molecule has 0 bridgehead atoms. The summed E-state index contributed by atoms with van der Waals surface area (Å²) in [6.07, 6.45) is 1.95. The van der Waals surface area contributed by atoms with Gasteiger partial charge in [0.25, 0.3) is 0 Å². The maximum Gasteiger partial charge on any atom is 0.212 e. The van der Waals surface area contributed by atoms with Crippen LogP contribution in [0.2, 0.25) is 0 Å². The lowest BCUT2D eigenvalue weighted by Gasteiger charge is -2.04. The molecule has 0 unspecified atom stereocenters. The van der Waals surface area contributed by atoms with E-state index >= 15 is 0 Å². The maximum absolute atomic E-state index is 11.1. The van der Waals surface area contributed by atoms with Gasteiger partial charge in [0.1, 0.15) is 0 Å². The number of nitrogens with one attached hydrogen (secondary N) is 2. The molecule has 0 aromatic rings. The summed E-state index contributed by atoms with van der Waals surface area (Å²) in [6.45, 7) is 1.02. The highest BCUT2D eigenvalue weighted by atomic mass is 32.2. The molecule has 0 fully saturated rings. The summed E-state index contributed by atoms with van der Waals surface area (Å²) in [6, 6.07) is 0. The quantitative estimate of drug-likeness (QED) is 0.558. The van der Waals surface area contributed by atoms with Crippen molar-refractivity contribution in [2.75, 3.05) is 37.9 Å². The summed E-state index contributed by atoms with van der Waals surface area (Å²) in [4.78, 5) is 0. The Morgan fingerprint density at radius 2 is 2.00 bits per heavy atom. The highest BCUT2D eigenvalue weighted by molar-refractivity contribution is 7.98. The van der Waals surface area contributed by atoms with E-state index < -0.39 is 10.0 Å². The van der Waals surface area contributed by atoms with Crippen molar-refractivity contribution in [2.24, 2.45) is 0 Å². The molecule has 12 heavy (non-hydrogen) atoms. The molecule has 0 saturated carbocycles. The van der Waals surface area contributed by atoms with Crippen molar-refractivity contribution < 1.29 is 8.42 Å². The number of hydrogen-bond acceptors (Lipinski definition) is 4. The maximum atomic E-state index is 11.1. The first-order valence-electron chi connectivity index (χ1n) is 3.73. The fourth-order valence-corrected chi connectivity index (χ4v) is 2.07. The van der Waals surface area contributed by atoms with Gasteiger partial charge in [-0.15, -0.1) is 0 Å². The van der Waals surface area contributed by atoms with E-state index in [0.717, 1.165) is 5.75 Å². The summed E-state index contributed by atoms with van der Waals surface area (Å²) in [5.41, 5.74) is 0. The van der Waals surface area contributed by atoms with E-state index in [-0.39, 0.29) is 5.75 Å². The predicted molar refractivity (Wildman–Crippen MR) is 54.1 cm³/mol. The van der Waals surface area contributed by atoms with Crippen LogP contribution in [0.4, 0.5) is 0 Å². The third kappa shape index (κ3) is 6.90. The first-order valence-corrected chi connectivity index (χ1v) is 6.78. The topological polar surface area (TPSA) is 58.2 Å². The normalized spacial score (nSPS) is 11.8. The highest BCUT2D eigenvalue weighted by Gasteiger charge is 2.06. The minimum Gasteiger partial charge on any atom is -0.319 e. The Kier molecular flexibility index (Phi) is 6.83. The Balaban J connectivity index is 3.58. The Morgan fingerprint density at radius 3 is 2.50 bits per heavy atom. The minimum atomic E-state index is -3.04. The van der Waals surface area contributed by atoms with E-state index in [9.17, 15) is 8.42 Å². The van der Waals surface area contributed by atoms with Gasteiger partial charge in [-0.3, -0.25) is 0 Å². The molecule has 0 rings (SSSR count). The summed E-state index contributed by atoms with van der Waals surface area (Å²) in [7, 11) is -1.31. The second-order valence-electron chi connectivity index (χ2n) is 2.31. The summed E-state index contributed by atoms with van der Waals surface area (Å²) in [5.74, 6) is 0.969. The van der Waals surface area contributed by atoms with E-state index in [2.05, 4.69) is 10.0 Å². The Morgan fingerprint density at radius 1 is 1.33 bits per heavy atom. The molecule has 6 heteroatoms. The van der Waals surface area contributed by atoms with Crippen molar-refractivity contribution in [1.82, 2.24) is 10.0 Å². The molecule has 0 aromatic carbocycles. The zero-order valence-electron chi connectivity index (χ0n) is 7.46. The van der Waals surface area contributed by atoms with Crippen LogP contribution in [0.25, 0.3) is 0 Å². The van der Waals surface area contributed by atoms with Crippen LogP contribution >= 0.6 is 11.8 Å². The van der Waals surface area contributed by atoms with E-state index in [1.807, 2.05) is 6.26 Å². The minimum absolute atomic E-state index is 0.151. The fourth-order valence-electron chi connectivity index (χ4n) is 0.608. The summed E-state index contributed by atoms with van der Waals surface area (Å²) < 4.78 is 24.7. The zero-order valence-corrected chi connectivity index (χ0v) is 9.09. The first kappa shape index (κ1) is 12.2. The van der Waals surface area contributed by atoms with E-state index in [1.54, 1.807) is 18.8 Å². The molecule has 0 amide bonds. The van der Waals surface area contributed by atoms with Crippen LogP contribution in [0, 0.1) is 0 Å². The number of rotatable bonds is 7. The van der Waals surface area contributed by atoms with Crippen molar-refractivity contribution in [1.29, 1.82) is 0 Å². The molecule has 2 N–H and O–H groups in total. The van der Waals surface area contributed by atoms with Crippen LogP contribution in [-0.2, 0) is 10.0 Å². The van der Waals surface area contributed by atoms with Crippen LogP contribution in [0.3, 0.4) is 0 Å². The Labute approximate surface area is 78.5 Å². The van der Waals surface area contributed by atoms with Crippen molar-refractivity contribution in [2.45, 2.75) is 0 Å². The zero-order chi connectivity index (χ0) is 9.45. The van der Waals surface area contributed by atoms with Gasteiger partial charge < -0.3 is 5.32 Å². The third-order valence-electron chi connectivity index (χ3n) is 1.25. The standard InChI is InChI=1S/C6H16N2O2S2/c1-7-4-6-12(9,10)8-3-5-11-2/h7-8H,3-6H2,1-2H3. The van der Waals surface area contributed by atoms with Gasteiger partial charge in [-0.2, -0.15) is 11.8 Å². The number of sulfonamides is 1. The molecule has 0 aromatic heterocycles. The van der Waals surface area contributed by atoms with Gasteiger partial charge in [0.2, 0.25) is 10.0 Å². The van der Waals surface area contributed by atoms with Gasteiger partial charge >= 0.3 is 0 Å². The van der Waals surface area contributed by atoms with Crippen LogP contribution in [-0.4, -0.2) is 46.3 Å². The molecule has 0 heterocycles. The van der Waals surface area contributed by atoms with Crippen LogP contribution in [0.1, 0.15) is 0 Å². The van der Waals surface area contributed by atoms with Crippen molar-refractivity contribution in [3.63, 3.8) is 0 Å². The van der Waals surface area contributed by atoms with E-state index in [4.69, 9.17) is 0 Å². The smallest absolute Gasteiger partial charge is 0.212 e. The lowest BCUT2D eigenvalue weighted by Crippen LogP contribution is -2.32. The first-order chi connectivity index (χ1) is 5.62. The summed E-state index contributed by atoms with van der Waals surface area (Å²) >= 11 is 1.62. The molecule has 0 aliphatic carbocycles. The second-order valence-corrected chi connectivity index (χ2v) is 5.22. The molecular formula is C6H16N2O2S2. The molecule has 0 aliphatic heterocycles. The Bertz CT molecular complexity index is 192. The molecule has 0 saturated heterocycles. The number of hydrogen-bond donors (Lipinski definition) is 2. The number of thioether (sulfide) groups is 1. The van der Waals surface area contributed by atoms with Gasteiger partial charge in [-0.05, 0) is 13.3 Å². The van der Waals surface area contributed by atoms with Crippen molar-refractivity contribution in [3.05, 3.63) is 0 Å².